The molecular weight excluding hydrogens is 308 g/mol. The van der Waals surface area contributed by atoms with E-state index < -0.39 is 5.60 Å². The molecule has 1 fully saturated rings. The van der Waals surface area contributed by atoms with Gasteiger partial charge in [0.05, 0.1) is 12.8 Å². The predicted octanol–water partition coefficient (Wildman–Crippen LogP) is 2.27. The Morgan fingerprint density at radius 2 is 2.08 bits per heavy atom. The van der Waals surface area contributed by atoms with E-state index in [4.69, 9.17) is 4.42 Å². The van der Waals surface area contributed by atoms with Crippen LogP contribution in [0.25, 0.3) is 0 Å². The maximum Gasteiger partial charge on any atom is 0.251 e. The van der Waals surface area contributed by atoms with Crippen LogP contribution in [0.2, 0.25) is 0 Å². The van der Waals surface area contributed by atoms with Crippen LogP contribution in [0.4, 0.5) is 5.69 Å². The molecular formula is C18H20N2O4. The highest BCUT2D eigenvalue weighted by Gasteiger charge is 2.30. The molecule has 6 nitrogen and oxygen atoms in total. The van der Waals surface area contributed by atoms with Gasteiger partial charge in [0.1, 0.15) is 11.4 Å². The molecule has 24 heavy (non-hydrogen) atoms. The molecule has 3 rings (SSSR count). The molecule has 1 saturated carbocycles. The van der Waals surface area contributed by atoms with Gasteiger partial charge in [-0.15, -0.1) is 0 Å². The van der Waals surface area contributed by atoms with Gasteiger partial charge in [-0.2, -0.15) is 0 Å². The van der Waals surface area contributed by atoms with E-state index in [1.807, 2.05) is 0 Å². The number of aliphatic hydroxyl groups is 1. The van der Waals surface area contributed by atoms with Gasteiger partial charge in [-0.3, -0.25) is 9.59 Å². The van der Waals surface area contributed by atoms with Gasteiger partial charge in [0.2, 0.25) is 5.91 Å². The molecule has 0 bridgehead atoms. The van der Waals surface area contributed by atoms with Gasteiger partial charge < -0.3 is 20.2 Å². The Labute approximate surface area is 139 Å². The fourth-order valence-corrected chi connectivity index (χ4v) is 2.35. The first kappa shape index (κ1) is 16.3. The highest BCUT2D eigenvalue weighted by Crippen LogP contribution is 2.30. The summed E-state index contributed by atoms with van der Waals surface area (Å²) < 4.78 is 5.18. The number of nitrogens with one attached hydrogen (secondary N) is 2. The highest BCUT2D eigenvalue weighted by atomic mass is 16.4. The SMILES string of the molecule is CC(O)(CNC(=O)c1cccc(NC(=O)C2CC2)c1)c1ccco1. The summed E-state index contributed by atoms with van der Waals surface area (Å²) in [5, 5.41) is 15.8. The van der Waals surface area contributed by atoms with Gasteiger partial charge in [-0.05, 0) is 50.1 Å². The van der Waals surface area contributed by atoms with Crippen LogP contribution in [0.1, 0.15) is 35.9 Å². The van der Waals surface area contributed by atoms with Gasteiger partial charge >= 0.3 is 0 Å². The van der Waals surface area contributed by atoms with Gasteiger partial charge in [0.25, 0.3) is 5.91 Å². The third-order valence-electron chi connectivity index (χ3n) is 3.99. The van der Waals surface area contributed by atoms with Crippen molar-refractivity contribution in [2.45, 2.75) is 25.4 Å². The van der Waals surface area contributed by atoms with Crippen molar-refractivity contribution >= 4 is 17.5 Å². The lowest BCUT2D eigenvalue weighted by atomic mass is 10.0. The summed E-state index contributed by atoms with van der Waals surface area (Å²) in [4.78, 5) is 24.1. The quantitative estimate of drug-likeness (QED) is 0.758. The van der Waals surface area contributed by atoms with Crippen molar-refractivity contribution < 1.29 is 19.1 Å². The molecule has 1 heterocycles. The lowest BCUT2D eigenvalue weighted by Gasteiger charge is -2.21. The van der Waals surface area contributed by atoms with E-state index in [2.05, 4.69) is 10.6 Å². The number of rotatable bonds is 6. The zero-order chi connectivity index (χ0) is 17.2. The number of benzene rings is 1. The molecule has 6 heteroatoms. The van der Waals surface area contributed by atoms with E-state index in [0.29, 0.717) is 17.0 Å². The molecule has 0 spiro atoms. The second-order valence-corrected chi connectivity index (χ2v) is 6.28. The monoisotopic (exact) mass is 328 g/mol. The van der Waals surface area contributed by atoms with Crippen molar-refractivity contribution in [2.24, 2.45) is 5.92 Å². The van der Waals surface area contributed by atoms with Gasteiger partial charge in [-0.1, -0.05) is 6.07 Å². The molecule has 2 aromatic rings. The van der Waals surface area contributed by atoms with E-state index in [0.717, 1.165) is 12.8 Å². The first-order chi connectivity index (χ1) is 11.5. The second kappa shape index (κ2) is 6.49. The summed E-state index contributed by atoms with van der Waals surface area (Å²) >= 11 is 0. The van der Waals surface area contributed by atoms with Crippen molar-refractivity contribution in [2.75, 3.05) is 11.9 Å². The number of carbonyl (C=O) groups is 2. The summed E-state index contributed by atoms with van der Waals surface area (Å²) in [5.41, 5.74) is -0.284. The average molecular weight is 328 g/mol. The van der Waals surface area contributed by atoms with Crippen LogP contribution >= 0.6 is 0 Å². The number of carbonyl (C=O) groups excluding carboxylic acids is 2. The van der Waals surface area contributed by atoms with Crippen molar-refractivity contribution in [3.05, 3.63) is 54.0 Å². The Bertz CT molecular complexity index is 733. The lowest BCUT2D eigenvalue weighted by Crippen LogP contribution is -2.38. The van der Waals surface area contributed by atoms with Crippen molar-refractivity contribution in [1.29, 1.82) is 0 Å². The lowest BCUT2D eigenvalue weighted by molar-refractivity contribution is -0.117. The molecule has 2 amide bonds. The Hall–Kier alpha value is -2.60. The fraction of sp³-hybridized carbons (Fsp3) is 0.333. The molecule has 1 atom stereocenters. The van der Waals surface area contributed by atoms with E-state index in [9.17, 15) is 14.7 Å². The van der Waals surface area contributed by atoms with Crippen LogP contribution in [0, 0.1) is 5.92 Å². The summed E-state index contributed by atoms with van der Waals surface area (Å²) in [5.74, 6) is 0.150. The molecule has 1 aliphatic rings. The van der Waals surface area contributed by atoms with Crippen LogP contribution in [-0.2, 0) is 10.4 Å². The molecule has 126 valence electrons. The van der Waals surface area contributed by atoms with E-state index in [1.54, 1.807) is 43.3 Å². The largest absolute Gasteiger partial charge is 0.466 e. The minimum absolute atomic E-state index is 0.00619. The Kier molecular flexibility index (Phi) is 4.40. The predicted molar refractivity (Wildman–Crippen MR) is 88.4 cm³/mol. The van der Waals surface area contributed by atoms with Crippen molar-refractivity contribution in [3.8, 4) is 0 Å². The maximum atomic E-state index is 12.3. The molecule has 1 unspecified atom stereocenters. The van der Waals surface area contributed by atoms with E-state index >= 15 is 0 Å². The first-order valence-corrected chi connectivity index (χ1v) is 7.91. The topological polar surface area (TPSA) is 91.6 Å². The normalized spacial score (nSPS) is 16.2. The number of hydrogen-bond acceptors (Lipinski definition) is 4. The van der Waals surface area contributed by atoms with Crippen LogP contribution < -0.4 is 10.6 Å². The standard InChI is InChI=1S/C18H20N2O4/c1-18(23,15-6-3-9-24-15)11-19-16(21)13-4-2-5-14(10-13)20-17(22)12-7-8-12/h2-6,9-10,12,23H,7-8,11H2,1H3,(H,19,21)(H,20,22). The third-order valence-corrected chi connectivity index (χ3v) is 3.99. The van der Waals surface area contributed by atoms with Gasteiger partial charge in [-0.25, -0.2) is 0 Å². The molecule has 0 aliphatic heterocycles. The third kappa shape index (κ3) is 3.83. The minimum Gasteiger partial charge on any atom is -0.466 e. The molecule has 1 aliphatic carbocycles. The van der Waals surface area contributed by atoms with Crippen molar-refractivity contribution in [1.82, 2.24) is 5.32 Å². The Balaban J connectivity index is 1.61. The van der Waals surface area contributed by atoms with Crippen LogP contribution in [0.3, 0.4) is 0 Å². The number of amides is 2. The van der Waals surface area contributed by atoms with Crippen LogP contribution in [-0.4, -0.2) is 23.5 Å². The zero-order valence-electron chi connectivity index (χ0n) is 13.4. The molecule has 0 saturated heterocycles. The summed E-state index contributed by atoms with van der Waals surface area (Å²) in [7, 11) is 0. The highest BCUT2D eigenvalue weighted by molar-refractivity contribution is 5.98. The zero-order valence-corrected chi connectivity index (χ0v) is 13.4. The Morgan fingerprint density at radius 3 is 2.75 bits per heavy atom. The number of hydrogen-bond donors (Lipinski definition) is 3. The van der Waals surface area contributed by atoms with Crippen LogP contribution in [0.15, 0.2) is 47.1 Å². The molecule has 3 N–H and O–H groups in total. The van der Waals surface area contributed by atoms with E-state index in [-0.39, 0.29) is 24.3 Å². The Morgan fingerprint density at radius 1 is 1.29 bits per heavy atom. The molecule has 0 radical (unpaired) electrons. The summed E-state index contributed by atoms with van der Waals surface area (Å²) in [6.07, 6.45) is 3.32. The summed E-state index contributed by atoms with van der Waals surface area (Å²) in [6, 6.07) is 10.1. The van der Waals surface area contributed by atoms with Crippen molar-refractivity contribution in [3.63, 3.8) is 0 Å². The average Bonchev–Trinajstić information content (AvgIpc) is 3.27. The smallest absolute Gasteiger partial charge is 0.251 e. The number of furan rings is 1. The second-order valence-electron chi connectivity index (χ2n) is 6.28. The van der Waals surface area contributed by atoms with Crippen LogP contribution in [0.5, 0.6) is 0 Å². The molecule has 1 aromatic heterocycles. The number of anilines is 1. The van der Waals surface area contributed by atoms with Gasteiger partial charge in [0, 0.05) is 17.2 Å². The first-order valence-electron chi connectivity index (χ1n) is 7.91. The van der Waals surface area contributed by atoms with Gasteiger partial charge in [0.15, 0.2) is 0 Å². The fourth-order valence-electron chi connectivity index (χ4n) is 2.35. The summed E-state index contributed by atoms with van der Waals surface area (Å²) in [6.45, 7) is 1.58. The maximum absolute atomic E-state index is 12.3. The molecule has 1 aromatic carbocycles. The van der Waals surface area contributed by atoms with E-state index in [1.165, 1.54) is 6.26 Å². The minimum atomic E-state index is -1.29.